The number of nitrogens with zero attached hydrogens (tertiary/aromatic N) is 1. The van der Waals surface area contributed by atoms with Crippen LogP contribution in [-0.2, 0) is 0 Å². The minimum Gasteiger partial charge on any atom is -0.456 e. The van der Waals surface area contributed by atoms with Gasteiger partial charge in [0.05, 0.1) is 10.3 Å². The van der Waals surface area contributed by atoms with E-state index in [4.69, 9.17) is 4.42 Å². The van der Waals surface area contributed by atoms with Crippen molar-refractivity contribution < 1.29 is 9.34 Å². The highest BCUT2D eigenvalue weighted by Crippen LogP contribution is 2.19. The normalized spacial score (nSPS) is 11.2. The van der Waals surface area contributed by atoms with Crippen LogP contribution in [0, 0.1) is 10.1 Å². The number of rotatable bonds is 3. The fraction of sp³-hybridized carbons (Fsp3) is 0. The lowest BCUT2D eigenvalue weighted by atomic mass is 10.1. The Kier molecular flexibility index (Phi) is 4.08. The summed E-state index contributed by atoms with van der Waals surface area (Å²) in [5.74, 6) is 0.420. The molecule has 0 radical (unpaired) electrons. The van der Waals surface area contributed by atoms with Crippen molar-refractivity contribution in [3.05, 3.63) is 84.7 Å². The minimum absolute atomic E-state index is 0.0324. The van der Waals surface area contributed by atoms with Crippen LogP contribution in [0.3, 0.4) is 0 Å². The average molecular weight is 372 g/mol. The van der Waals surface area contributed by atoms with Gasteiger partial charge >= 0.3 is 0 Å². The third-order valence-electron chi connectivity index (χ3n) is 3.25. The van der Waals surface area contributed by atoms with E-state index in [1.54, 1.807) is 42.5 Å². The zero-order valence-corrected chi connectivity index (χ0v) is 13.3. The van der Waals surface area contributed by atoms with Crippen molar-refractivity contribution in [2.75, 3.05) is 0 Å². The van der Waals surface area contributed by atoms with E-state index in [1.165, 1.54) is 18.2 Å². The number of nitro groups is 1. The average Bonchev–Trinajstić information content (AvgIpc) is 2.54. The number of hydrogen-bond donors (Lipinski definition) is 0. The summed E-state index contributed by atoms with van der Waals surface area (Å²) in [4.78, 5) is 22.3. The Morgan fingerprint density at radius 2 is 1.78 bits per heavy atom. The van der Waals surface area contributed by atoms with Crippen LogP contribution in [0.5, 0.6) is 0 Å². The van der Waals surface area contributed by atoms with Crippen molar-refractivity contribution in [3.8, 4) is 0 Å². The zero-order valence-electron chi connectivity index (χ0n) is 11.7. The molecule has 114 valence electrons. The number of benzene rings is 2. The van der Waals surface area contributed by atoms with Crippen molar-refractivity contribution in [2.24, 2.45) is 0 Å². The fourth-order valence-electron chi connectivity index (χ4n) is 2.11. The molecule has 0 aliphatic rings. The van der Waals surface area contributed by atoms with Crippen LogP contribution >= 0.6 is 15.9 Å². The Hall–Kier alpha value is -2.73. The van der Waals surface area contributed by atoms with Gasteiger partial charge in [-0.2, -0.15) is 0 Å². The van der Waals surface area contributed by atoms with Crippen LogP contribution in [0.4, 0.5) is 5.69 Å². The van der Waals surface area contributed by atoms with Gasteiger partial charge in [0.2, 0.25) is 0 Å². The van der Waals surface area contributed by atoms with Gasteiger partial charge in [0.1, 0.15) is 11.3 Å². The van der Waals surface area contributed by atoms with Gasteiger partial charge in [-0.1, -0.05) is 22.0 Å². The third-order valence-corrected chi connectivity index (χ3v) is 3.75. The van der Waals surface area contributed by atoms with Gasteiger partial charge in [0, 0.05) is 22.7 Å². The monoisotopic (exact) mass is 371 g/mol. The Morgan fingerprint density at radius 1 is 1.04 bits per heavy atom. The van der Waals surface area contributed by atoms with Crippen molar-refractivity contribution in [1.82, 2.24) is 0 Å². The largest absolute Gasteiger partial charge is 0.456 e. The number of halogens is 1. The molecule has 5 nitrogen and oxygen atoms in total. The minimum atomic E-state index is -0.450. The van der Waals surface area contributed by atoms with Crippen LogP contribution in [0.15, 0.2) is 62.2 Å². The Bertz CT molecular complexity index is 974. The summed E-state index contributed by atoms with van der Waals surface area (Å²) < 4.78 is 6.48. The smallest absolute Gasteiger partial charge is 0.269 e. The molecule has 3 rings (SSSR count). The predicted molar refractivity (Wildman–Crippen MR) is 92.2 cm³/mol. The molecule has 0 spiro atoms. The third kappa shape index (κ3) is 3.37. The van der Waals surface area contributed by atoms with Crippen molar-refractivity contribution in [1.29, 1.82) is 0 Å². The lowest BCUT2D eigenvalue weighted by Crippen LogP contribution is -1.99. The lowest BCUT2D eigenvalue weighted by Gasteiger charge is -2.00. The number of nitro benzene ring substituents is 1. The lowest BCUT2D eigenvalue weighted by molar-refractivity contribution is -0.384. The molecule has 6 heteroatoms. The molecule has 0 amide bonds. The quantitative estimate of drug-likeness (QED) is 0.496. The highest BCUT2D eigenvalue weighted by Gasteiger charge is 2.04. The second kappa shape index (κ2) is 6.18. The predicted octanol–water partition coefficient (Wildman–Crippen LogP) is 4.63. The Labute approximate surface area is 139 Å². The van der Waals surface area contributed by atoms with Crippen LogP contribution in [0.2, 0.25) is 0 Å². The summed E-state index contributed by atoms with van der Waals surface area (Å²) in [6, 6.07) is 12.8. The maximum atomic E-state index is 12.1. The SMILES string of the molecule is O=c1cc(/C=C/c2ccc([N+](=O)[O-])cc2)oc2ccc(Br)cc12. The summed E-state index contributed by atoms with van der Waals surface area (Å²) in [6.07, 6.45) is 3.39. The van der Waals surface area contributed by atoms with E-state index in [2.05, 4.69) is 15.9 Å². The first kappa shape index (κ1) is 15.2. The van der Waals surface area contributed by atoms with E-state index in [9.17, 15) is 14.9 Å². The topological polar surface area (TPSA) is 73.3 Å². The van der Waals surface area contributed by atoms with Crippen molar-refractivity contribution in [3.63, 3.8) is 0 Å². The molecule has 2 aromatic carbocycles. The second-order valence-electron chi connectivity index (χ2n) is 4.84. The van der Waals surface area contributed by atoms with Crippen molar-refractivity contribution >= 4 is 44.7 Å². The molecule has 0 aliphatic carbocycles. The van der Waals surface area contributed by atoms with Gasteiger partial charge in [-0.15, -0.1) is 0 Å². The molecule has 0 bridgehead atoms. The first-order valence-electron chi connectivity index (χ1n) is 6.69. The molecule has 0 atom stereocenters. The van der Waals surface area contributed by atoms with Gasteiger partial charge in [-0.25, -0.2) is 0 Å². The summed E-state index contributed by atoms with van der Waals surface area (Å²) in [7, 11) is 0. The summed E-state index contributed by atoms with van der Waals surface area (Å²) >= 11 is 3.32. The summed E-state index contributed by atoms with van der Waals surface area (Å²) in [5.41, 5.74) is 1.18. The molecular formula is C17H10BrNO4. The molecule has 3 aromatic rings. The molecule has 1 aromatic heterocycles. The number of non-ortho nitro benzene ring substituents is 1. The standard InChI is InChI=1S/C17H10BrNO4/c18-12-4-8-17-15(9-12)16(20)10-14(23-17)7-3-11-1-5-13(6-2-11)19(21)22/h1-10H/b7-3+. The Morgan fingerprint density at radius 3 is 2.48 bits per heavy atom. The van der Waals surface area contributed by atoms with E-state index in [-0.39, 0.29) is 11.1 Å². The number of fused-ring (bicyclic) bond motifs is 1. The number of hydrogen-bond acceptors (Lipinski definition) is 4. The molecular weight excluding hydrogens is 362 g/mol. The summed E-state index contributed by atoms with van der Waals surface area (Å²) in [5, 5.41) is 11.1. The molecule has 23 heavy (non-hydrogen) atoms. The molecule has 0 fully saturated rings. The van der Waals surface area contributed by atoms with Gasteiger partial charge < -0.3 is 4.42 Å². The van der Waals surface area contributed by atoms with Crippen LogP contribution in [-0.4, -0.2) is 4.92 Å². The van der Waals surface area contributed by atoms with Crippen LogP contribution < -0.4 is 5.43 Å². The molecule has 1 heterocycles. The molecule has 0 unspecified atom stereocenters. The first-order valence-corrected chi connectivity index (χ1v) is 7.48. The van der Waals surface area contributed by atoms with Gasteiger partial charge in [-0.05, 0) is 42.0 Å². The van der Waals surface area contributed by atoms with Gasteiger partial charge in [0.15, 0.2) is 5.43 Å². The maximum Gasteiger partial charge on any atom is 0.269 e. The molecule has 0 saturated heterocycles. The maximum absolute atomic E-state index is 12.1. The highest BCUT2D eigenvalue weighted by molar-refractivity contribution is 9.10. The van der Waals surface area contributed by atoms with Crippen molar-refractivity contribution in [2.45, 2.75) is 0 Å². The molecule has 0 N–H and O–H groups in total. The van der Waals surface area contributed by atoms with Gasteiger partial charge in [-0.3, -0.25) is 14.9 Å². The van der Waals surface area contributed by atoms with E-state index in [0.29, 0.717) is 16.7 Å². The Balaban J connectivity index is 1.93. The highest BCUT2D eigenvalue weighted by atomic mass is 79.9. The van der Waals surface area contributed by atoms with E-state index in [0.717, 1.165) is 10.0 Å². The van der Waals surface area contributed by atoms with E-state index in [1.807, 2.05) is 0 Å². The van der Waals surface area contributed by atoms with Gasteiger partial charge in [0.25, 0.3) is 5.69 Å². The molecule has 0 saturated carbocycles. The fourth-order valence-corrected chi connectivity index (χ4v) is 2.48. The van der Waals surface area contributed by atoms with Crippen LogP contribution in [0.1, 0.15) is 11.3 Å². The first-order chi connectivity index (χ1) is 11.0. The molecule has 0 aliphatic heterocycles. The summed E-state index contributed by atoms with van der Waals surface area (Å²) in [6.45, 7) is 0. The van der Waals surface area contributed by atoms with E-state index < -0.39 is 4.92 Å². The zero-order chi connectivity index (χ0) is 16.4. The van der Waals surface area contributed by atoms with Crippen LogP contribution in [0.25, 0.3) is 23.1 Å². The second-order valence-corrected chi connectivity index (χ2v) is 5.75. The van der Waals surface area contributed by atoms with E-state index >= 15 is 0 Å².